The van der Waals surface area contributed by atoms with Crippen molar-refractivity contribution in [1.82, 2.24) is 15.1 Å². The molecule has 56 heavy (non-hydrogen) atoms. The van der Waals surface area contributed by atoms with E-state index in [0.717, 1.165) is 95.4 Å². The zero-order valence-electron chi connectivity index (χ0n) is 38.3. The van der Waals surface area contributed by atoms with E-state index in [-0.39, 0.29) is 17.9 Å². The first-order valence-corrected chi connectivity index (χ1v) is 24.7. The van der Waals surface area contributed by atoms with Crippen molar-refractivity contribution in [3.8, 4) is 0 Å². The van der Waals surface area contributed by atoms with E-state index in [4.69, 9.17) is 21.7 Å². The molecule has 0 aliphatic rings. The molecule has 332 valence electrons. The Morgan fingerprint density at radius 1 is 0.518 bits per heavy atom. The van der Waals surface area contributed by atoms with E-state index in [2.05, 4.69) is 37.9 Å². The van der Waals surface area contributed by atoms with Gasteiger partial charge in [-0.25, -0.2) is 0 Å². The molecule has 0 aromatic heterocycles. The number of carbonyl (C=O) groups excluding carboxylic acids is 2. The molecule has 0 heterocycles. The Morgan fingerprint density at radius 3 is 1.55 bits per heavy atom. The number of unbranched alkanes of at least 4 members (excludes halogenated alkanes) is 20. The molecule has 2 unspecified atom stereocenters. The van der Waals surface area contributed by atoms with E-state index in [0.29, 0.717) is 25.7 Å². The summed E-state index contributed by atoms with van der Waals surface area (Å²) in [5.74, 6) is 0.0933. The lowest BCUT2D eigenvalue weighted by atomic mass is 9.93. The topological polar surface area (TPSA) is 71.1 Å². The fourth-order valence-corrected chi connectivity index (χ4v) is 7.81. The van der Waals surface area contributed by atoms with Crippen LogP contribution in [0.15, 0.2) is 0 Å². The molecule has 0 amide bonds. The van der Waals surface area contributed by atoms with Crippen LogP contribution in [0.1, 0.15) is 233 Å². The van der Waals surface area contributed by atoms with Crippen LogP contribution in [0.25, 0.3) is 0 Å². The highest BCUT2D eigenvalue weighted by atomic mass is 32.1. The Morgan fingerprint density at radius 2 is 0.982 bits per heavy atom. The lowest BCUT2D eigenvalue weighted by Gasteiger charge is -2.32. The van der Waals surface area contributed by atoms with Crippen LogP contribution in [0.4, 0.5) is 0 Å². The molecule has 0 aliphatic carbocycles. The maximum absolute atomic E-state index is 13.2. The average molecular weight is 810 g/mol. The molecule has 0 aromatic carbocycles. The second-order valence-corrected chi connectivity index (χ2v) is 17.3. The summed E-state index contributed by atoms with van der Waals surface area (Å²) in [4.78, 5) is 30.2. The van der Waals surface area contributed by atoms with Gasteiger partial charge in [0.05, 0.1) is 19.1 Å². The van der Waals surface area contributed by atoms with Gasteiger partial charge in [0.15, 0.2) is 5.11 Å². The Kier molecular flexibility index (Phi) is 40.7. The molecule has 2 atom stereocenters. The Hall–Kier alpha value is -1.41. The second kappa shape index (κ2) is 41.7. The fourth-order valence-electron chi connectivity index (χ4n) is 7.71. The maximum Gasteiger partial charge on any atom is 0.308 e. The van der Waals surface area contributed by atoms with Crippen molar-refractivity contribution in [2.24, 2.45) is 5.92 Å². The molecular weight excluding hydrogens is 715 g/mol. The Labute approximate surface area is 354 Å². The largest absolute Gasteiger partial charge is 0.466 e. The van der Waals surface area contributed by atoms with Crippen LogP contribution in [-0.2, 0) is 19.1 Å². The van der Waals surface area contributed by atoms with Gasteiger partial charge in [-0.3, -0.25) is 9.59 Å². The van der Waals surface area contributed by atoms with Crippen molar-refractivity contribution in [1.29, 1.82) is 0 Å². The lowest BCUT2D eigenvalue weighted by molar-refractivity contribution is -0.149. The number of thiocarbonyl (C=S) groups is 1. The van der Waals surface area contributed by atoms with Gasteiger partial charge < -0.3 is 24.6 Å². The Bertz CT molecular complexity index is 888. The first-order valence-electron chi connectivity index (χ1n) is 24.3. The van der Waals surface area contributed by atoms with E-state index in [9.17, 15) is 9.59 Å². The maximum atomic E-state index is 13.2. The van der Waals surface area contributed by atoms with Gasteiger partial charge in [-0.1, -0.05) is 169 Å². The minimum absolute atomic E-state index is 0.0182. The standard InChI is InChI=1S/C48H95N3O4S/c1-7-11-14-17-19-25-31-42-54-46(52)38-27-22-20-23-30-40-51(41-33-39-49-48(56)50(5)6)45(34-10-4)37-29-28-36-44(35-26-21-18-15-12-8-2)47(53)55-43-32-24-16-13-9-3/h44-45H,7-43H2,1-6H3,(H,49,56). The quantitative estimate of drug-likeness (QED) is 0.0371. The molecule has 0 bridgehead atoms. The number of hydrogen-bond donors (Lipinski definition) is 1. The summed E-state index contributed by atoms with van der Waals surface area (Å²) < 4.78 is 11.4. The molecule has 1 N–H and O–H groups in total. The number of esters is 2. The van der Waals surface area contributed by atoms with Gasteiger partial charge in [0.2, 0.25) is 0 Å². The van der Waals surface area contributed by atoms with Crippen LogP contribution >= 0.6 is 12.2 Å². The van der Waals surface area contributed by atoms with Crippen LogP contribution in [0.3, 0.4) is 0 Å². The third-order valence-electron chi connectivity index (χ3n) is 11.4. The van der Waals surface area contributed by atoms with Crippen LogP contribution in [0, 0.1) is 5.92 Å². The van der Waals surface area contributed by atoms with Gasteiger partial charge >= 0.3 is 11.9 Å². The summed E-state index contributed by atoms with van der Waals surface area (Å²) in [5, 5.41) is 4.22. The highest BCUT2D eigenvalue weighted by Gasteiger charge is 2.21. The van der Waals surface area contributed by atoms with E-state index in [1.165, 1.54) is 128 Å². The fraction of sp³-hybridized carbons (Fsp3) is 0.938. The molecule has 0 spiro atoms. The highest BCUT2D eigenvalue weighted by Crippen LogP contribution is 2.23. The molecule has 8 heteroatoms. The zero-order valence-corrected chi connectivity index (χ0v) is 39.1. The van der Waals surface area contributed by atoms with Crippen molar-refractivity contribution in [3.63, 3.8) is 0 Å². The molecule has 0 saturated carbocycles. The van der Waals surface area contributed by atoms with Gasteiger partial charge in [0.1, 0.15) is 0 Å². The van der Waals surface area contributed by atoms with Crippen LogP contribution in [0.5, 0.6) is 0 Å². The summed E-state index contributed by atoms with van der Waals surface area (Å²) >= 11 is 5.48. The first-order chi connectivity index (χ1) is 27.3. The molecule has 0 rings (SSSR count). The smallest absolute Gasteiger partial charge is 0.308 e. The normalized spacial score (nSPS) is 12.5. The highest BCUT2D eigenvalue weighted by molar-refractivity contribution is 7.80. The number of carbonyl (C=O) groups is 2. The third kappa shape index (κ3) is 34.6. The molecule has 0 aromatic rings. The lowest BCUT2D eigenvalue weighted by Crippen LogP contribution is -2.39. The van der Waals surface area contributed by atoms with Crippen molar-refractivity contribution >= 4 is 29.3 Å². The van der Waals surface area contributed by atoms with Crippen LogP contribution in [0.2, 0.25) is 0 Å². The second-order valence-electron chi connectivity index (χ2n) is 16.9. The minimum atomic E-state index is -0.0182. The Balaban J connectivity index is 4.92. The number of ether oxygens (including phenoxy) is 2. The predicted molar refractivity (Wildman–Crippen MR) is 245 cm³/mol. The number of nitrogens with one attached hydrogen (secondary N) is 1. The van der Waals surface area contributed by atoms with Gasteiger partial charge in [-0.2, -0.15) is 0 Å². The zero-order chi connectivity index (χ0) is 41.3. The van der Waals surface area contributed by atoms with E-state index in [1.54, 1.807) is 0 Å². The van der Waals surface area contributed by atoms with Gasteiger partial charge in [0.25, 0.3) is 0 Å². The van der Waals surface area contributed by atoms with Crippen molar-refractivity contribution in [2.75, 3.05) is 46.9 Å². The number of hydrogen-bond acceptors (Lipinski definition) is 6. The van der Waals surface area contributed by atoms with Crippen molar-refractivity contribution in [3.05, 3.63) is 0 Å². The van der Waals surface area contributed by atoms with Crippen molar-refractivity contribution < 1.29 is 19.1 Å². The summed E-state index contributed by atoms with van der Waals surface area (Å²) in [6.07, 6.45) is 37.1. The summed E-state index contributed by atoms with van der Waals surface area (Å²) in [6.45, 7) is 13.3. The monoisotopic (exact) mass is 810 g/mol. The average Bonchev–Trinajstić information content (AvgIpc) is 3.18. The molecule has 0 radical (unpaired) electrons. The molecule has 7 nitrogen and oxygen atoms in total. The van der Waals surface area contributed by atoms with Gasteiger partial charge in [-0.05, 0) is 76.6 Å². The SMILES string of the molecule is CCCCCCCCCOC(=O)CCCCCCCN(CCCNC(=S)N(C)C)C(CCC)CCCCC(CCCCCCCC)C(=O)OCCCCCCC. The predicted octanol–water partition coefficient (Wildman–Crippen LogP) is 13.4. The van der Waals surface area contributed by atoms with Crippen LogP contribution < -0.4 is 5.32 Å². The molecule has 0 aliphatic heterocycles. The summed E-state index contributed by atoms with van der Waals surface area (Å²) in [7, 11) is 3.98. The van der Waals surface area contributed by atoms with E-state index in [1.807, 2.05) is 19.0 Å². The van der Waals surface area contributed by atoms with Crippen molar-refractivity contribution in [2.45, 2.75) is 239 Å². The van der Waals surface area contributed by atoms with Gasteiger partial charge in [-0.15, -0.1) is 0 Å². The molecule has 0 fully saturated rings. The third-order valence-corrected chi connectivity index (χ3v) is 11.9. The number of rotatable bonds is 42. The number of nitrogens with zero attached hydrogens (tertiary/aromatic N) is 2. The molecular formula is C48H95N3O4S. The van der Waals surface area contributed by atoms with Crippen LogP contribution in [-0.4, -0.2) is 79.8 Å². The van der Waals surface area contributed by atoms with E-state index >= 15 is 0 Å². The first kappa shape index (κ1) is 54.6. The summed E-state index contributed by atoms with van der Waals surface area (Å²) in [5.41, 5.74) is 0. The summed E-state index contributed by atoms with van der Waals surface area (Å²) in [6, 6.07) is 0.569. The van der Waals surface area contributed by atoms with E-state index < -0.39 is 0 Å². The van der Waals surface area contributed by atoms with Gasteiger partial charge in [0, 0.05) is 39.6 Å². The molecule has 0 saturated heterocycles. The minimum Gasteiger partial charge on any atom is -0.466 e.